The third-order valence-corrected chi connectivity index (χ3v) is 2.81. The zero-order valence-corrected chi connectivity index (χ0v) is 11.0. The summed E-state index contributed by atoms with van der Waals surface area (Å²) in [6, 6.07) is 2.44. The Morgan fingerprint density at radius 2 is 2.11 bits per heavy atom. The first-order valence-electron chi connectivity index (χ1n) is 5.69. The summed E-state index contributed by atoms with van der Waals surface area (Å²) in [7, 11) is 0. The van der Waals surface area contributed by atoms with Crippen molar-refractivity contribution < 1.29 is 18.0 Å². The number of amides is 1. The zero-order chi connectivity index (χ0) is 14.6. The Bertz CT molecular complexity index is 463. The van der Waals surface area contributed by atoms with Gasteiger partial charge in [-0.2, -0.15) is 13.2 Å². The highest BCUT2D eigenvalue weighted by Crippen LogP contribution is 2.36. The van der Waals surface area contributed by atoms with Gasteiger partial charge in [0, 0.05) is 5.69 Å². The normalized spacial score (nSPS) is 13.2. The summed E-state index contributed by atoms with van der Waals surface area (Å²) in [5.74, 6) is -0.516. The number of alkyl halides is 3. The lowest BCUT2D eigenvalue weighted by Crippen LogP contribution is -2.35. The zero-order valence-electron chi connectivity index (χ0n) is 10.2. The molecule has 1 aromatic carbocycles. The van der Waals surface area contributed by atoms with Gasteiger partial charge in [-0.05, 0) is 24.6 Å². The summed E-state index contributed by atoms with van der Waals surface area (Å²) in [6.07, 6.45) is -3.39. The lowest BCUT2D eigenvalue weighted by molar-refractivity contribution is -0.137. The van der Waals surface area contributed by atoms with E-state index in [1.165, 1.54) is 6.07 Å². The van der Waals surface area contributed by atoms with E-state index >= 15 is 0 Å². The molecule has 0 aliphatic carbocycles. The fourth-order valence-corrected chi connectivity index (χ4v) is 1.72. The number of rotatable bonds is 4. The molecule has 7 heteroatoms. The maximum Gasteiger partial charge on any atom is 0.417 e. The fraction of sp³-hybridized carbons (Fsp3) is 0.417. The molecule has 0 unspecified atom stereocenters. The molecule has 0 radical (unpaired) electrons. The van der Waals surface area contributed by atoms with Crippen LogP contribution in [0.2, 0.25) is 5.02 Å². The van der Waals surface area contributed by atoms with Crippen molar-refractivity contribution in [3.63, 3.8) is 0 Å². The van der Waals surface area contributed by atoms with Crippen LogP contribution in [0.3, 0.4) is 0 Å². The number of hydrogen-bond donors (Lipinski definition) is 2. The summed E-state index contributed by atoms with van der Waals surface area (Å²) >= 11 is 5.47. The highest BCUT2D eigenvalue weighted by Gasteiger charge is 2.33. The Labute approximate surface area is 113 Å². The Morgan fingerprint density at radius 3 is 2.63 bits per heavy atom. The first-order valence-corrected chi connectivity index (χ1v) is 6.06. The Hall–Kier alpha value is -1.27. The van der Waals surface area contributed by atoms with Gasteiger partial charge in [0.1, 0.15) is 0 Å². The fourth-order valence-electron chi connectivity index (χ4n) is 1.50. The molecule has 0 spiro atoms. The van der Waals surface area contributed by atoms with Crippen LogP contribution in [-0.4, -0.2) is 11.9 Å². The minimum atomic E-state index is -4.57. The second-order valence-corrected chi connectivity index (χ2v) is 4.48. The number of benzene rings is 1. The molecule has 1 rings (SSSR count). The molecule has 0 heterocycles. The molecule has 0 bridgehead atoms. The van der Waals surface area contributed by atoms with Gasteiger partial charge in [0.15, 0.2) is 0 Å². The second kappa shape index (κ2) is 6.25. The maximum atomic E-state index is 12.6. The molecule has 19 heavy (non-hydrogen) atoms. The summed E-state index contributed by atoms with van der Waals surface area (Å²) in [6.45, 7) is 1.86. The standard InChI is InChI=1S/C12H14ClF3N2O/c1-2-3-10(17)11(19)18-7-4-5-9(13)8(6-7)12(14,15)16/h4-6,10H,2-3,17H2,1H3,(H,18,19)/t10-/m1/s1. The van der Waals surface area contributed by atoms with E-state index in [0.717, 1.165) is 12.1 Å². The van der Waals surface area contributed by atoms with E-state index in [9.17, 15) is 18.0 Å². The molecule has 0 aliphatic heterocycles. The van der Waals surface area contributed by atoms with Crippen molar-refractivity contribution in [1.82, 2.24) is 0 Å². The van der Waals surface area contributed by atoms with E-state index in [1.807, 2.05) is 6.92 Å². The average Bonchev–Trinajstić information content (AvgIpc) is 2.30. The van der Waals surface area contributed by atoms with Crippen molar-refractivity contribution in [2.75, 3.05) is 5.32 Å². The van der Waals surface area contributed by atoms with Gasteiger partial charge >= 0.3 is 6.18 Å². The molecule has 3 nitrogen and oxygen atoms in total. The van der Waals surface area contributed by atoms with Gasteiger partial charge in [-0.1, -0.05) is 24.9 Å². The third kappa shape index (κ3) is 4.40. The number of nitrogens with two attached hydrogens (primary N) is 1. The van der Waals surface area contributed by atoms with Gasteiger partial charge in [0.2, 0.25) is 5.91 Å². The van der Waals surface area contributed by atoms with Gasteiger partial charge in [-0.25, -0.2) is 0 Å². The van der Waals surface area contributed by atoms with Crippen LogP contribution in [0.1, 0.15) is 25.3 Å². The summed E-state index contributed by atoms with van der Waals surface area (Å²) in [5, 5.41) is 1.93. The Kier molecular flexibility index (Phi) is 5.20. The lowest BCUT2D eigenvalue weighted by atomic mass is 10.1. The monoisotopic (exact) mass is 294 g/mol. The quantitative estimate of drug-likeness (QED) is 0.894. The predicted octanol–water partition coefficient (Wildman–Crippen LogP) is 3.42. The SMILES string of the molecule is CCC[C@@H](N)C(=O)Nc1ccc(Cl)c(C(F)(F)F)c1. The minimum Gasteiger partial charge on any atom is -0.325 e. The van der Waals surface area contributed by atoms with E-state index in [4.69, 9.17) is 17.3 Å². The lowest BCUT2D eigenvalue weighted by Gasteiger charge is -2.14. The number of carbonyl (C=O) groups is 1. The molecule has 0 fully saturated rings. The van der Waals surface area contributed by atoms with Crippen LogP contribution in [-0.2, 0) is 11.0 Å². The van der Waals surface area contributed by atoms with Crippen LogP contribution in [0, 0.1) is 0 Å². The number of carbonyl (C=O) groups excluding carboxylic acids is 1. The van der Waals surface area contributed by atoms with Crippen LogP contribution < -0.4 is 11.1 Å². The number of anilines is 1. The summed E-state index contributed by atoms with van der Waals surface area (Å²) in [5.41, 5.74) is 4.60. The first-order chi connectivity index (χ1) is 8.75. The van der Waals surface area contributed by atoms with Crippen LogP contribution in [0.15, 0.2) is 18.2 Å². The van der Waals surface area contributed by atoms with Crippen molar-refractivity contribution in [3.8, 4) is 0 Å². The van der Waals surface area contributed by atoms with Gasteiger partial charge in [0.05, 0.1) is 16.6 Å². The molecule has 1 aromatic rings. The Balaban J connectivity index is 2.89. The largest absolute Gasteiger partial charge is 0.417 e. The van der Waals surface area contributed by atoms with Gasteiger partial charge in [-0.15, -0.1) is 0 Å². The smallest absolute Gasteiger partial charge is 0.325 e. The van der Waals surface area contributed by atoms with Crippen molar-refractivity contribution in [3.05, 3.63) is 28.8 Å². The van der Waals surface area contributed by atoms with E-state index in [2.05, 4.69) is 5.32 Å². The molecule has 1 atom stereocenters. The molecule has 0 aliphatic rings. The summed E-state index contributed by atoms with van der Waals surface area (Å²) < 4.78 is 37.9. The van der Waals surface area contributed by atoms with Crippen molar-refractivity contribution >= 4 is 23.2 Å². The van der Waals surface area contributed by atoms with Gasteiger partial charge < -0.3 is 11.1 Å². The molecular formula is C12H14ClF3N2O. The molecule has 1 amide bonds. The van der Waals surface area contributed by atoms with Crippen LogP contribution in [0.25, 0.3) is 0 Å². The van der Waals surface area contributed by atoms with Crippen molar-refractivity contribution in [2.45, 2.75) is 32.0 Å². The predicted molar refractivity (Wildman–Crippen MR) is 68.0 cm³/mol. The molecule has 0 saturated carbocycles. The highest BCUT2D eigenvalue weighted by molar-refractivity contribution is 6.31. The van der Waals surface area contributed by atoms with Gasteiger partial charge in [0.25, 0.3) is 0 Å². The molecule has 0 aromatic heterocycles. The number of hydrogen-bond acceptors (Lipinski definition) is 2. The number of halogens is 4. The van der Waals surface area contributed by atoms with E-state index < -0.39 is 28.7 Å². The minimum absolute atomic E-state index is 0.0216. The van der Waals surface area contributed by atoms with Crippen molar-refractivity contribution in [1.29, 1.82) is 0 Å². The van der Waals surface area contributed by atoms with E-state index in [-0.39, 0.29) is 5.69 Å². The first kappa shape index (κ1) is 15.8. The van der Waals surface area contributed by atoms with E-state index in [1.54, 1.807) is 0 Å². The average molecular weight is 295 g/mol. The van der Waals surface area contributed by atoms with Crippen LogP contribution in [0.5, 0.6) is 0 Å². The van der Waals surface area contributed by atoms with Crippen molar-refractivity contribution in [2.24, 2.45) is 5.73 Å². The maximum absolute atomic E-state index is 12.6. The topological polar surface area (TPSA) is 55.1 Å². The Morgan fingerprint density at radius 1 is 1.47 bits per heavy atom. The molecule has 106 valence electrons. The number of nitrogens with one attached hydrogen (secondary N) is 1. The summed E-state index contributed by atoms with van der Waals surface area (Å²) in [4.78, 5) is 11.6. The van der Waals surface area contributed by atoms with Crippen LogP contribution >= 0.6 is 11.6 Å². The van der Waals surface area contributed by atoms with Crippen LogP contribution in [0.4, 0.5) is 18.9 Å². The van der Waals surface area contributed by atoms with Gasteiger partial charge in [-0.3, -0.25) is 4.79 Å². The van der Waals surface area contributed by atoms with E-state index in [0.29, 0.717) is 12.8 Å². The second-order valence-electron chi connectivity index (χ2n) is 4.08. The molecule has 3 N–H and O–H groups in total. The third-order valence-electron chi connectivity index (χ3n) is 2.48. The molecular weight excluding hydrogens is 281 g/mol. The highest BCUT2D eigenvalue weighted by atomic mass is 35.5. The molecule has 0 saturated heterocycles.